The molecule has 45 valence electrons. The van der Waals surface area contributed by atoms with Gasteiger partial charge in [0, 0.05) is 24.4 Å². The Bertz CT molecular complexity index is 8.75. The Morgan fingerprint density at radius 1 is 0.500 bits per heavy atom. The maximum atomic E-state index is 0. The maximum absolute atomic E-state index is 0. The second-order valence-corrected chi connectivity index (χ2v) is 0. The van der Waals surface area contributed by atoms with Crippen LogP contribution < -0.4 is 0 Å². The van der Waals surface area contributed by atoms with Gasteiger partial charge < -0.3 is 0 Å². The van der Waals surface area contributed by atoms with Gasteiger partial charge in [-0.2, -0.15) is 0 Å². The van der Waals surface area contributed by atoms with Crippen LogP contribution in [-0.4, -0.2) is 24.4 Å². The average Bonchev–Trinajstić information content (AvgIpc) is 0. The van der Waals surface area contributed by atoms with Gasteiger partial charge in [0.25, 0.3) is 0 Å². The van der Waals surface area contributed by atoms with Gasteiger partial charge in [-0.1, -0.05) is 0 Å². The van der Waals surface area contributed by atoms with Gasteiger partial charge in [-0.25, -0.2) is 0 Å². The molecule has 0 aromatic rings. The van der Waals surface area contributed by atoms with Crippen molar-refractivity contribution in [1.29, 1.82) is 0 Å². The van der Waals surface area contributed by atoms with E-state index in [0.29, 0.717) is 0 Å². The topological polar surface area (TPSA) is 0 Å². The molecule has 0 rings (SSSR count). The van der Waals surface area contributed by atoms with E-state index in [2.05, 4.69) is 0 Å². The van der Waals surface area contributed by atoms with Crippen molar-refractivity contribution >= 4 is 49.2 Å². The Kier molecular flexibility index (Phi) is 3830. The minimum atomic E-state index is 0. The third kappa shape index (κ3) is 64.5. The molecule has 0 spiro atoms. The molecule has 0 amide bonds. The third-order valence-electron chi connectivity index (χ3n) is 0. The molecule has 0 atom stereocenters. The monoisotopic (exact) mass is 253 g/mol. The van der Waals surface area contributed by atoms with Crippen LogP contribution in [0.4, 0.5) is 14.1 Å². The number of hydrogen-bond donors (Lipinski definition) is 0. The molecule has 0 aliphatic carbocycles. The Labute approximate surface area is 63.4 Å². The molecule has 0 aromatic carbocycles. The second-order valence-electron chi connectivity index (χ2n) is 0. The molecule has 0 aliphatic heterocycles. The first-order valence-corrected chi connectivity index (χ1v) is 0. The van der Waals surface area contributed by atoms with E-state index in [4.69, 9.17) is 0 Å². The van der Waals surface area contributed by atoms with Crippen molar-refractivity contribution in [3.05, 3.63) is 0 Å². The van der Waals surface area contributed by atoms with E-state index in [1.165, 1.54) is 0 Å². The van der Waals surface area contributed by atoms with Crippen molar-refractivity contribution in [2.75, 3.05) is 0 Å². The van der Waals surface area contributed by atoms with Crippen molar-refractivity contribution in [2.45, 2.75) is 0 Å². The Morgan fingerprint density at radius 3 is 0.500 bits per heavy atom. The van der Waals surface area contributed by atoms with Gasteiger partial charge in [0.15, 0.2) is 0 Å². The van der Waals surface area contributed by atoms with Gasteiger partial charge in [0.05, 0.1) is 0 Å². The van der Waals surface area contributed by atoms with Crippen molar-refractivity contribution in [3.63, 3.8) is 0 Å². The van der Waals surface area contributed by atoms with Gasteiger partial charge in [-0.15, -0.1) is 24.8 Å². The van der Waals surface area contributed by atoms with E-state index < -0.39 is 0 Å². The Morgan fingerprint density at radius 2 is 0.500 bits per heavy atom. The van der Waals surface area contributed by atoms with Crippen LogP contribution in [0.5, 0.6) is 0 Å². The van der Waals surface area contributed by atoms with E-state index in [0.717, 1.165) is 0 Å². The van der Waals surface area contributed by atoms with Crippen LogP contribution in [0.3, 0.4) is 0 Å². The van der Waals surface area contributed by atoms with E-state index >= 15 is 0 Å². The summed E-state index contributed by atoms with van der Waals surface area (Å²) in [5, 5.41) is 0. The van der Waals surface area contributed by atoms with Gasteiger partial charge >= 0.3 is 0 Å². The molecule has 0 aliphatic rings. The fourth-order valence-electron chi connectivity index (χ4n) is 0. The number of hydrogen-bond acceptors (Lipinski definition) is 0. The van der Waals surface area contributed by atoms with Crippen molar-refractivity contribution < 1.29 is 14.1 Å². The van der Waals surface area contributed by atoms with Crippen molar-refractivity contribution in [3.8, 4) is 0 Å². The molecule has 0 aromatic heterocycles. The molecule has 0 N–H and O–H groups in total. The van der Waals surface area contributed by atoms with Crippen molar-refractivity contribution in [1.82, 2.24) is 0 Å². The van der Waals surface area contributed by atoms with Crippen LogP contribution in [0, 0.1) is 0 Å². The molecule has 0 bridgehead atoms. The summed E-state index contributed by atoms with van der Waals surface area (Å²) in [5.41, 5.74) is 0. The summed E-state index contributed by atoms with van der Waals surface area (Å²) in [4.78, 5) is 0. The zero-order valence-electron chi connectivity index (χ0n) is 2.49. The van der Waals surface area contributed by atoms with Crippen LogP contribution in [0.1, 0.15) is 0 Å². The second kappa shape index (κ2) is 118. The van der Waals surface area contributed by atoms with Crippen LogP contribution in [-0.2, 0) is 0 Å². The summed E-state index contributed by atoms with van der Waals surface area (Å²) < 4.78 is 0. The van der Waals surface area contributed by atoms with E-state index in [9.17, 15) is 0 Å². The Balaban J connectivity index is 0. The molecular weight excluding hydrogens is 250 g/mol. The van der Waals surface area contributed by atoms with Crippen LogP contribution in [0.2, 0.25) is 0 Å². The van der Waals surface area contributed by atoms with Crippen molar-refractivity contribution in [2.24, 2.45) is 0 Å². The molecule has 3 radical (unpaired) electrons. The van der Waals surface area contributed by atoms with Gasteiger partial charge in [0.2, 0.25) is 0 Å². The molecule has 0 saturated carbocycles. The fraction of sp³-hybridized carbons (Fsp3) is 0. The first-order chi connectivity index (χ1) is 0. The summed E-state index contributed by atoms with van der Waals surface area (Å²) in [7, 11) is 0. The molecule has 0 heterocycles. The number of rotatable bonds is 0. The van der Waals surface area contributed by atoms with Crippen LogP contribution in [0.15, 0.2) is 0 Å². The normalized spacial score (nSPS) is 0. The average molecular weight is 255 g/mol. The molecule has 0 fully saturated rings. The maximum Gasteiger partial charge on any atom is 0 e. The molecular formula is H5Cl2F3Sb. The van der Waals surface area contributed by atoms with Gasteiger partial charge in [0.1, 0.15) is 0 Å². The summed E-state index contributed by atoms with van der Waals surface area (Å²) >= 11 is 0. The first-order valence-electron chi connectivity index (χ1n) is 0. The molecule has 6 heteroatoms. The zero-order valence-corrected chi connectivity index (χ0v) is 6.67. The number of halogens is 5. The molecule has 0 saturated heterocycles. The van der Waals surface area contributed by atoms with Gasteiger partial charge in [-0.3, -0.25) is 14.1 Å². The smallest absolute Gasteiger partial charge is 0 e. The fourth-order valence-corrected chi connectivity index (χ4v) is 0. The molecule has 6 heavy (non-hydrogen) atoms. The predicted molar refractivity (Wildman–Crippen MR) is 27.8 cm³/mol. The quantitative estimate of drug-likeness (QED) is 0.564. The summed E-state index contributed by atoms with van der Waals surface area (Å²) in [6.45, 7) is 0. The summed E-state index contributed by atoms with van der Waals surface area (Å²) in [6.07, 6.45) is 0. The van der Waals surface area contributed by atoms with Crippen LogP contribution >= 0.6 is 24.8 Å². The summed E-state index contributed by atoms with van der Waals surface area (Å²) in [5.74, 6) is 0. The largest absolute Gasteiger partial charge is 0.269 e. The predicted octanol–water partition coefficient (Wildman–Crippen LogP) is 0.920. The van der Waals surface area contributed by atoms with E-state index in [-0.39, 0.29) is 63.4 Å². The SMILES string of the molecule is Cl.Cl.F.F.F.[Sb]. The first kappa shape index (κ1) is 195. The standard InChI is InChI=1S/2ClH.3FH.Sb/h5*1H;. The minimum absolute atomic E-state index is 0. The minimum Gasteiger partial charge on any atom is -0.269 e. The summed E-state index contributed by atoms with van der Waals surface area (Å²) in [6, 6.07) is 0. The van der Waals surface area contributed by atoms with Crippen LogP contribution in [0.25, 0.3) is 0 Å². The molecule has 0 unspecified atom stereocenters. The zero-order chi connectivity index (χ0) is 0. The van der Waals surface area contributed by atoms with Gasteiger partial charge in [-0.05, 0) is 0 Å². The van der Waals surface area contributed by atoms with E-state index in [1.807, 2.05) is 0 Å². The van der Waals surface area contributed by atoms with E-state index in [1.54, 1.807) is 0 Å². The molecule has 0 nitrogen and oxygen atoms in total. The Hall–Kier alpha value is 1.19. The third-order valence-corrected chi connectivity index (χ3v) is 0.